The third-order valence-electron chi connectivity index (χ3n) is 23.4. The normalized spacial score (nSPS) is 11.5. The molecule has 12 heteroatoms. The lowest BCUT2D eigenvalue weighted by Gasteiger charge is -2.15. The quantitative estimate of drug-likeness (QED) is 0.106. The van der Waals surface area contributed by atoms with Crippen molar-refractivity contribution in [1.29, 1.82) is 0 Å². The van der Waals surface area contributed by atoms with Crippen molar-refractivity contribution in [3.05, 3.63) is 425 Å². The summed E-state index contributed by atoms with van der Waals surface area (Å²) in [6, 6.07) is 145. The zero-order valence-electron chi connectivity index (χ0n) is 66.7. The molecule has 0 aliphatic heterocycles. The Balaban J connectivity index is 0.000000143. The van der Waals surface area contributed by atoms with Gasteiger partial charge < -0.3 is 9.13 Å². The molecular formula is C112H70N10S2. The van der Waals surface area contributed by atoms with Gasteiger partial charge in [0, 0.05) is 141 Å². The van der Waals surface area contributed by atoms with E-state index < -0.39 is 0 Å². The molecule has 580 valence electrons. The minimum Gasteiger partial charge on any atom is -0.309 e. The number of rotatable bonds is 14. The van der Waals surface area contributed by atoms with E-state index >= 15 is 0 Å². The monoisotopic (exact) mass is 1620 g/mol. The van der Waals surface area contributed by atoms with Crippen LogP contribution in [-0.4, -0.2) is 49.0 Å². The van der Waals surface area contributed by atoms with Gasteiger partial charge in [-0.1, -0.05) is 322 Å². The topological polar surface area (TPSA) is 113 Å². The smallest absolute Gasteiger partial charge is 0.166 e. The Morgan fingerprint density at radius 2 is 0.516 bits per heavy atom. The lowest BCUT2D eigenvalue weighted by atomic mass is 9.93. The van der Waals surface area contributed by atoms with Crippen LogP contribution in [0.4, 0.5) is 0 Å². The van der Waals surface area contributed by atoms with Crippen LogP contribution in [0, 0.1) is 0 Å². The van der Waals surface area contributed by atoms with E-state index in [0.717, 1.165) is 117 Å². The van der Waals surface area contributed by atoms with Crippen LogP contribution in [-0.2, 0) is 0 Å². The molecular weight excluding hydrogens is 1550 g/mol. The summed E-state index contributed by atoms with van der Waals surface area (Å²) in [6.07, 6.45) is 4.01. The lowest BCUT2D eigenvalue weighted by molar-refractivity contribution is 1.07. The molecule has 0 aliphatic rings. The first-order chi connectivity index (χ1) is 61.5. The summed E-state index contributed by atoms with van der Waals surface area (Å²) in [4.78, 5) is 41.9. The van der Waals surface area contributed by atoms with Crippen molar-refractivity contribution in [3.8, 4) is 147 Å². The molecule has 0 saturated carbocycles. The highest BCUT2D eigenvalue weighted by Gasteiger charge is 2.26. The molecule has 0 aliphatic carbocycles. The molecule has 0 radical (unpaired) electrons. The Bertz CT molecular complexity index is 8090. The minimum absolute atomic E-state index is 0.559. The second-order valence-corrected chi connectivity index (χ2v) is 33.0. The molecule has 0 unspecified atom stereocenters. The summed E-state index contributed by atoms with van der Waals surface area (Å²) in [6.45, 7) is 0. The molecule has 24 aromatic rings. The maximum atomic E-state index is 5.43. The standard InChI is InChI=1S/2C56H35N5S/c1-5-18-36(19-6-1)41-26-13-14-27-42(41)39-32-47(56-59-54(37-20-7-2-8-21-37)58-55(60-56)38-22-9-3-10-23-38)53(57-35-39)44-29-17-31-50-52(44)46-33-45-43-28-15-16-30-48(43)61(40-24-11-4-12-25-40)49(45)34-51(46)62-50;1-5-17-36(18-6-1)42-25-13-14-26-43(42)40-32-48(56-59-54(37-19-7-2-8-20-37)58-55(60-56)38-21-9-3-10-22-38)53(57-35-40)39-29-30-51-46(31-39)47-33-45-44-27-15-16-28-49(44)61(41-23-11-4-12-24-41)50(45)34-52(47)62-51/h2*1-35H. The van der Waals surface area contributed by atoms with Crippen LogP contribution in [0.3, 0.4) is 0 Å². The summed E-state index contributed by atoms with van der Waals surface area (Å²) in [5.41, 5.74) is 24.7. The summed E-state index contributed by atoms with van der Waals surface area (Å²) < 4.78 is 9.64. The number of aromatic nitrogens is 10. The van der Waals surface area contributed by atoms with E-state index in [1.165, 1.54) is 78.6 Å². The highest BCUT2D eigenvalue weighted by Crippen LogP contribution is 2.49. The first-order valence-corrected chi connectivity index (χ1v) is 43.1. The fourth-order valence-electron chi connectivity index (χ4n) is 17.7. The highest BCUT2D eigenvalue weighted by atomic mass is 32.1. The van der Waals surface area contributed by atoms with E-state index in [9.17, 15) is 0 Å². The fourth-order valence-corrected chi connectivity index (χ4v) is 19.9. The average Bonchev–Trinajstić information content (AvgIpc) is 1.57. The highest BCUT2D eigenvalue weighted by molar-refractivity contribution is 7.26. The van der Waals surface area contributed by atoms with E-state index in [-0.39, 0.29) is 0 Å². The van der Waals surface area contributed by atoms with Crippen LogP contribution in [0.5, 0.6) is 0 Å². The van der Waals surface area contributed by atoms with Gasteiger partial charge in [0.2, 0.25) is 0 Å². The third-order valence-corrected chi connectivity index (χ3v) is 25.7. The summed E-state index contributed by atoms with van der Waals surface area (Å²) in [5, 5.41) is 9.67. The molecule has 24 rings (SSSR count). The number of hydrogen-bond acceptors (Lipinski definition) is 10. The lowest BCUT2D eigenvalue weighted by Crippen LogP contribution is -2.02. The van der Waals surface area contributed by atoms with Crippen molar-refractivity contribution in [3.63, 3.8) is 0 Å². The molecule has 0 atom stereocenters. The van der Waals surface area contributed by atoms with Crippen LogP contribution in [0.25, 0.3) is 231 Å². The van der Waals surface area contributed by atoms with Gasteiger partial charge in [0.1, 0.15) is 0 Å². The van der Waals surface area contributed by atoms with E-state index in [4.69, 9.17) is 39.9 Å². The van der Waals surface area contributed by atoms with Crippen LogP contribution in [0.1, 0.15) is 0 Å². The summed E-state index contributed by atoms with van der Waals surface area (Å²) >= 11 is 3.64. The zero-order chi connectivity index (χ0) is 82.0. The number of hydrogen-bond donors (Lipinski definition) is 0. The molecule has 0 fully saturated rings. The molecule has 16 aromatic carbocycles. The number of fused-ring (bicyclic) bond motifs is 12. The molecule has 10 nitrogen and oxygen atoms in total. The van der Waals surface area contributed by atoms with Crippen LogP contribution >= 0.6 is 22.7 Å². The van der Waals surface area contributed by atoms with Crippen molar-refractivity contribution in [2.24, 2.45) is 0 Å². The van der Waals surface area contributed by atoms with Crippen molar-refractivity contribution in [1.82, 2.24) is 49.0 Å². The predicted octanol–water partition coefficient (Wildman–Crippen LogP) is 29.5. The number of thiophene rings is 2. The second-order valence-electron chi connectivity index (χ2n) is 30.8. The van der Waals surface area contributed by atoms with Gasteiger partial charge in [-0.15, -0.1) is 22.7 Å². The average molecular weight is 1620 g/mol. The number of para-hydroxylation sites is 4. The number of nitrogens with zero attached hydrogens (tertiary/aromatic N) is 10. The first-order valence-electron chi connectivity index (χ1n) is 41.4. The molecule has 8 aromatic heterocycles. The largest absolute Gasteiger partial charge is 0.309 e. The van der Waals surface area contributed by atoms with Gasteiger partial charge in [0.25, 0.3) is 0 Å². The van der Waals surface area contributed by atoms with Crippen molar-refractivity contribution >= 4 is 107 Å². The Kier molecular flexibility index (Phi) is 18.4. The number of pyridine rings is 2. The van der Waals surface area contributed by atoms with Crippen molar-refractivity contribution in [2.45, 2.75) is 0 Å². The molecule has 0 saturated heterocycles. The van der Waals surface area contributed by atoms with Gasteiger partial charge >= 0.3 is 0 Å². The summed E-state index contributed by atoms with van der Waals surface area (Å²) in [7, 11) is 0. The van der Waals surface area contributed by atoms with Crippen LogP contribution in [0.15, 0.2) is 425 Å². The molecule has 0 amide bonds. The SMILES string of the molecule is c1ccc(-c2nc(-c3ccccc3)nc(-c3cc(-c4ccccc4-c4ccccc4)cnc3-c3ccc4sc5cc6c(cc5c4c3)c3ccccc3n6-c3ccccc3)n2)cc1.c1ccc(-c2nc(-c3ccccc3)nc(-c3cc(-c4ccccc4-c4ccccc4)cnc3-c3cccc4sc5cc6c(cc5c34)c3ccccc3n6-c3ccccc3)n2)cc1. The first kappa shape index (κ1) is 73.1. The molecule has 0 N–H and O–H groups in total. The summed E-state index contributed by atoms with van der Waals surface area (Å²) in [5.74, 6) is 3.54. The maximum absolute atomic E-state index is 5.43. The van der Waals surface area contributed by atoms with Gasteiger partial charge in [-0.05, 0) is 124 Å². The Labute approximate surface area is 722 Å². The minimum atomic E-state index is 0.559. The van der Waals surface area contributed by atoms with E-state index in [0.29, 0.717) is 34.9 Å². The van der Waals surface area contributed by atoms with Crippen LogP contribution < -0.4 is 0 Å². The van der Waals surface area contributed by atoms with Gasteiger partial charge in [-0.25, -0.2) is 29.9 Å². The van der Waals surface area contributed by atoms with E-state index in [1.54, 1.807) is 0 Å². The van der Waals surface area contributed by atoms with Gasteiger partial charge in [-0.2, -0.15) is 0 Å². The zero-order valence-corrected chi connectivity index (χ0v) is 68.3. The fraction of sp³-hybridized carbons (Fsp3) is 0. The predicted molar refractivity (Wildman–Crippen MR) is 515 cm³/mol. The maximum Gasteiger partial charge on any atom is 0.166 e. The Hall–Kier alpha value is -16.1. The van der Waals surface area contributed by atoms with Gasteiger partial charge in [0.15, 0.2) is 34.9 Å². The Morgan fingerprint density at radius 3 is 0.968 bits per heavy atom. The van der Waals surface area contributed by atoms with Gasteiger partial charge in [0.05, 0.1) is 33.5 Å². The molecule has 8 heterocycles. The number of benzene rings is 16. The van der Waals surface area contributed by atoms with E-state index in [2.05, 4.69) is 300 Å². The van der Waals surface area contributed by atoms with Crippen molar-refractivity contribution in [2.75, 3.05) is 0 Å². The van der Waals surface area contributed by atoms with Crippen molar-refractivity contribution < 1.29 is 0 Å². The van der Waals surface area contributed by atoms with Gasteiger partial charge in [-0.3, -0.25) is 9.97 Å². The van der Waals surface area contributed by atoms with Crippen LogP contribution in [0.2, 0.25) is 0 Å². The molecule has 124 heavy (non-hydrogen) atoms. The third kappa shape index (κ3) is 13.2. The second kappa shape index (κ2) is 31.2. The Morgan fingerprint density at radius 1 is 0.177 bits per heavy atom. The van der Waals surface area contributed by atoms with E-state index in [1.807, 2.05) is 156 Å². The molecule has 0 spiro atoms. The molecule has 0 bridgehead atoms.